The summed E-state index contributed by atoms with van der Waals surface area (Å²) < 4.78 is 10.2. The lowest BCUT2D eigenvalue weighted by Crippen LogP contribution is -2.05. The van der Waals surface area contributed by atoms with E-state index in [2.05, 4.69) is 0 Å². The molecule has 0 radical (unpaired) electrons. The Morgan fingerprint density at radius 1 is 0.950 bits per heavy atom. The first-order valence-corrected chi connectivity index (χ1v) is 6.54. The van der Waals surface area contributed by atoms with Crippen LogP contribution in [0.3, 0.4) is 0 Å². The molecule has 0 aliphatic rings. The Kier molecular flexibility index (Phi) is 4.53. The SMILES string of the molecule is COc1ccc(C(=O)c2ccc(Cl)cc2OC)c(Cl)c1. The Balaban J connectivity index is 2.46. The molecule has 3 nitrogen and oxygen atoms in total. The third-order valence-electron chi connectivity index (χ3n) is 2.83. The number of carbonyl (C=O) groups excluding carboxylic acids is 1. The van der Waals surface area contributed by atoms with Crippen molar-refractivity contribution >= 4 is 29.0 Å². The van der Waals surface area contributed by atoms with Crippen molar-refractivity contribution in [3.8, 4) is 11.5 Å². The van der Waals surface area contributed by atoms with E-state index in [0.717, 1.165) is 0 Å². The van der Waals surface area contributed by atoms with Crippen LogP contribution in [0.5, 0.6) is 11.5 Å². The summed E-state index contributed by atoms with van der Waals surface area (Å²) in [4.78, 5) is 12.5. The monoisotopic (exact) mass is 310 g/mol. The second kappa shape index (κ2) is 6.16. The molecule has 0 bridgehead atoms. The molecule has 0 aromatic heterocycles. The molecule has 104 valence electrons. The predicted molar refractivity (Wildman–Crippen MR) is 79.4 cm³/mol. The minimum Gasteiger partial charge on any atom is -0.497 e. The number of ether oxygens (including phenoxy) is 2. The minimum atomic E-state index is -0.230. The molecule has 0 atom stereocenters. The Labute approximate surface area is 127 Å². The van der Waals surface area contributed by atoms with Gasteiger partial charge in [-0.2, -0.15) is 0 Å². The van der Waals surface area contributed by atoms with Crippen molar-refractivity contribution in [2.75, 3.05) is 14.2 Å². The topological polar surface area (TPSA) is 35.5 Å². The van der Waals surface area contributed by atoms with Gasteiger partial charge in [0, 0.05) is 10.6 Å². The maximum Gasteiger partial charge on any atom is 0.198 e. The fourth-order valence-corrected chi connectivity index (χ4v) is 2.22. The van der Waals surface area contributed by atoms with Crippen LogP contribution in [0, 0.1) is 0 Å². The molecule has 0 amide bonds. The van der Waals surface area contributed by atoms with Crippen LogP contribution in [0.25, 0.3) is 0 Å². The average molecular weight is 311 g/mol. The molecule has 20 heavy (non-hydrogen) atoms. The Hall–Kier alpha value is -1.71. The van der Waals surface area contributed by atoms with Gasteiger partial charge in [-0.05, 0) is 36.4 Å². The summed E-state index contributed by atoms with van der Waals surface area (Å²) in [5.41, 5.74) is 0.789. The zero-order valence-electron chi connectivity index (χ0n) is 10.9. The lowest BCUT2D eigenvalue weighted by atomic mass is 10.0. The van der Waals surface area contributed by atoms with Crippen LogP contribution in [0.1, 0.15) is 15.9 Å². The van der Waals surface area contributed by atoms with Gasteiger partial charge in [0.05, 0.1) is 24.8 Å². The smallest absolute Gasteiger partial charge is 0.198 e. The van der Waals surface area contributed by atoms with Gasteiger partial charge in [0.1, 0.15) is 11.5 Å². The van der Waals surface area contributed by atoms with E-state index in [-0.39, 0.29) is 5.78 Å². The van der Waals surface area contributed by atoms with Gasteiger partial charge < -0.3 is 9.47 Å². The van der Waals surface area contributed by atoms with E-state index in [1.165, 1.54) is 14.2 Å². The number of ketones is 1. The summed E-state index contributed by atoms with van der Waals surface area (Å²) in [6, 6.07) is 9.74. The van der Waals surface area contributed by atoms with E-state index >= 15 is 0 Å². The first kappa shape index (κ1) is 14.7. The average Bonchev–Trinajstić information content (AvgIpc) is 2.46. The molecule has 0 fully saturated rings. The van der Waals surface area contributed by atoms with Gasteiger partial charge in [0.25, 0.3) is 0 Å². The van der Waals surface area contributed by atoms with Crippen molar-refractivity contribution in [2.45, 2.75) is 0 Å². The number of benzene rings is 2. The van der Waals surface area contributed by atoms with E-state index in [1.807, 2.05) is 0 Å². The molecular weight excluding hydrogens is 299 g/mol. The van der Waals surface area contributed by atoms with Gasteiger partial charge in [-0.1, -0.05) is 23.2 Å². The Bertz CT molecular complexity index is 654. The van der Waals surface area contributed by atoms with Crippen LogP contribution in [0.4, 0.5) is 0 Å². The fourth-order valence-electron chi connectivity index (χ4n) is 1.80. The molecular formula is C15H12Cl2O3. The van der Waals surface area contributed by atoms with Crippen molar-refractivity contribution < 1.29 is 14.3 Å². The third-order valence-corrected chi connectivity index (χ3v) is 3.38. The van der Waals surface area contributed by atoms with E-state index < -0.39 is 0 Å². The largest absolute Gasteiger partial charge is 0.497 e. The van der Waals surface area contributed by atoms with Crippen molar-refractivity contribution in [1.29, 1.82) is 0 Å². The number of hydrogen-bond acceptors (Lipinski definition) is 3. The summed E-state index contributed by atoms with van der Waals surface area (Å²) in [6.45, 7) is 0. The molecule has 5 heteroatoms. The van der Waals surface area contributed by atoms with Crippen molar-refractivity contribution in [3.05, 3.63) is 57.6 Å². The zero-order valence-corrected chi connectivity index (χ0v) is 12.5. The van der Waals surface area contributed by atoms with Gasteiger partial charge in [0.15, 0.2) is 5.78 Å². The fraction of sp³-hybridized carbons (Fsp3) is 0.133. The molecule has 2 rings (SSSR count). The molecule has 0 aliphatic heterocycles. The molecule has 0 aliphatic carbocycles. The van der Waals surface area contributed by atoms with Crippen molar-refractivity contribution in [1.82, 2.24) is 0 Å². The third kappa shape index (κ3) is 2.89. The van der Waals surface area contributed by atoms with E-state index in [9.17, 15) is 4.79 Å². The molecule has 0 N–H and O–H groups in total. The highest BCUT2D eigenvalue weighted by Gasteiger charge is 2.17. The van der Waals surface area contributed by atoms with Gasteiger partial charge in [0.2, 0.25) is 0 Å². The van der Waals surface area contributed by atoms with Gasteiger partial charge in [-0.25, -0.2) is 0 Å². The van der Waals surface area contributed by atoms with Gasteiger partial charge >= 0.3 is 0 Å². The number of hydrogen-bond donors (Lipinski definition) is 0. The van der Waals surface area contributed by atoms with E-state index in [0.29, 0.717) is 32.7 Å². The predicted octanol–water partition coefficient (Wildman–Crippen LogP) is 4.24. The van der Waals surface area contributed by atoms with Crippen LogP contribution >= 0.6 is 23.2 Å². The highest BCUT2D eigenvalue weighted by molar-refractivity contribution is 6.35. The molecule has 0 heterocycles. The number of carbonyl (C=O) groups is 1. The van der Waals surface area contributed by atoms with Gasteiger partial charge in [-0.15, -0.1) is 0 Å². The highest BCUT2D eigenvalue weighted by atomic mass is 35.5. The van der Waals surface area contributed by atoms with Crippen molar-refractivity contribution in [3.63, 3.8) is 0 Å². The molecule has 2 aromatic rings. The normalized spacial score (nSPS) is 10.2. The van der Waals surface area contributed by atoms with Gasteiger partial charge in [-0.3, -0.25) is 4.79 Å². The Morgan fingerprint density at radius 3 is 2.25 bits per heavy atom. The molecule has 0 saturated heterocycles. The second-order valence-corrected chi connectivity index (χ2v) is 4.86. The lowest BCUT2D eigenvalue weighted by molar-refractivity contribution is 0.103. The van der Waals surface area contributed by atoms with Crippen LogP contribution in [-0.4, -0.2) is 20.0 Å². The quantitative estimate of drug-likeness (QED) is 0.792. The standard InChI is InChI=1S/C15H12Cl2O3/c1-19-10-4-6-11(13(17)8-10)15(18)12-5-3-9(16)7-14(12)20-2/h3-8H,1-2H3. The van der Waals surface area contributed by atoms with E-state index in [4.69, 9.17) is 32.7 Å². The number of halogens is 2. The van der Waals surface area contributed by atoms with E-state index in [1.54, 1.807) is 36.4 Å². The minimum absolute atomic E-state index is 0.230. The molecule has 0 spiro atoms. The summed E-state index contributed by atoms with van der Waals surface area (Å²) >= 11 is 12.0. The highest BCUT2D eigenvalue weighted by Crippen LogP contribution is 2.29. The molecule has 0 saturated carbocycles. The van der Waals surface area contributed by atoms with Crippen molar-refractivity contribution in [2.24, 2.45) is 0 Å². The summed E-state index contributed by atoms with van der Waals surface area (Å²) in [5, 5.41) is 0.825. The Morgan fingerprint density at radius 2 is 1.65 bits per heavy atom. The first-order valence-electron chi connectivity index (χ1n) is 5.78. The molecule has 0 unspecified atom stereocenters. The van der Waals surface area contributed by atoms with Crippen LogP contribution in [0.15, 0.2) is 36.4 Å². The van der Waals surface area contributed by atoms with Crippen LogP contribution < -0.4 is 9.47 Å². The van der Waals surface area contributed by atoms with Crippen LogP contribution in [-0.2, 0) is 0 Å². The summed E-state index contributed by atoms with van der Waals surface area (Å²) in [5.74, 6) is 0.773. The number of methoxy groups -OCH3 is 2. The maximum atomic E-state index is 12.5. The molecule has 2 aromatic carbocycles. The number of rotatable bonds is 4. The lowest BCUT2D eigenvalue weighted by Gasteiger charge is -2.10. The van der Waals surface area contributed by atoms with Crippen LogP contribution in [0.2, 0.25) is 10.0 Å². The maximum absolute atomic E-state index is 12.5. The zero-order chi connectivity index (χ0) is 14.7. The first-order chi connectivity index (χ1) is 9.56. The summed E-state index contributed by atoms with van der Waals surface area (Å²) in [7, 11) is 3.02. The second-order valence-electron chi connectivity index (χ2n) is 4.02. The summed E-state index contributed by atoms with van der Waals surface area (Å²) in [6.07, 6.45) is 0.